The quantitative estimate of drug-likeness (QED) is 0.554. The Balaban J connectivity index is 1.72. The van der Waals surface area contributed by atoms with Crippen LogP contribution in [0, 0.1) is 27.7 Å². The number of rotatable bonds is 5. The Morgan fingerprint density at radius 3 is 2.36 bits per heavy atom. The van der Waals surface area contributed by atoms with E-state index in [4.69, 9.17) is 0 Å². The fourth-order valence-electron chi connectivity index (χ4n) is 3.53. The van der Waals surface area contributed by atoms with E-state index < -0.39 is 26.4 Å². The Kier molecular flexibility index (Phi) is 5.64. The number of nitro benzene ring substituents is 1. The Labute approximate surface area is 161 Å². The third kappa shape index (κ3) is 4.46. The Morgan fingerprint density at radius 2 is 1.79 bits per heavy atom. The number of anilines is 1. The summed E-state index contributed by atoms with van der Waals surface area (Å²) in [5, 5.41) is 11.4. The first-order valence-corrected chi connectivity index (χ1v) is 10.7. The molecule has 1 saturated heterocycles. The van der Waals surface area contributed by atoms with Crippen LogP contribution < -0.4 is 4.90 Å². The summed E-state index contributed by atoms with van der Waals surface area (Å²) >= 11 is 0. The highest BCUT2D eigenvalue weighted by Crippen LogP contribution is 2.34. The molecule has 1 aliphatic rings. The predicted molar refractivity (Wildman–Crippen MR) is 101 cm³/mol. The lowest BCUT2D eigenvalue weighted by Crippen LogP contribution is -2.34. The van der Waals surface area contributed by atoms with E-state index in [9.17, 15) is 27.3 Å². The van der Waals surface area contributed by atoms with Gasteiger partial charge in [0.2, 0.25) is 0 Å². The lowest BCUT2D eigenvalue weighted by molar-refractivity contribution is -0.384. The molecule has 9 heteroatoms. The number of halogens is 2. The summed E-state index contributed by atoms with van der Waals surface area (Å²) in [7, 11) is -3.54. The van der Waals surface area contributed by atoms with E-state index in [0.717, 1.165) is 36.8 Å². The molecule has 1 aliphatic heterocycles. The Hall–Kier alpha value is -2.55. The molecule has 2 aromatic carbocycles. The van der Waals surface area contributed by atoms with E-state index in [1.807, 2.05) is 4.90 Å². The number of sulfone groups is 1. The van der Waals surface area contributed by atoms with Gasteiger partial charge in [0, 0.05) is 25.4 Å². The van der Waals surface area contributed by atoms with Crippen LogP contribution in [0.25, 0.3) is 0 Å². The maximum atomic E-state index is 13.4. The highest BCUT2D eigenvalue weighted by atomic mass is 32.2. The molecule has 0 amide bonds. The van der Waals surface area contributed by atoms with Crippen molar-refractivity contribution >= 4 is 21.2 Å². The normalized spacial score (nSPS) is 15.6. The third-order valence-corrected chi connectivity index (χ3v) is 6.15. The topological polar surface area (TPSA) is 80.5 Å². The molecule has 0 saturated carbocycles. The third-order valence-electron chi connectivity index (χ3n) is 5.04. The molecule has 0 radical (unpaired) electrons. The van der Waals surface area contributed by atoms with Gasteiger partial charge in [-0.3, -0.25) is 10.1 Å². The minimum absolute atomic E-state index is 0.0869. The van der Waals surface area contributed by atoms with Crippen LogP contribution in [-0.2, 0) is 16.3 Å². The number of hydrogen-bond donors (Lipinski definition) is 0. The van der Waals surface area contributed by atoms with Crippen molar-refractivity contribution < 1.29 is 22.1 Å². The number of benzene rings is 2. The van der Waals surface area contributed by atoms with Crippen molar-refractivity contribution in [2.24, 2.45) is 5.92 Å². The van der Waals surface area contributed by atoms with Crippen molar-refractivity contribution in [1.29, 1.82) is 0 Å². The highest BCUT2D eigenvalue weighted by molar-refractivity contribution is 7.90. The van der Waals surface area contributed by atoms with Crippen LogP contribution in [0.2, 0.25) is 0 Å². The monoisotopic (exact) mass is 410 g/mol. The Bertz CT molecular complexity index is 1000. The van der Waals surface area contributed by atoms with Crippen LogP contribution in [-0.4, -0.2) is 32.7 Å². The summed E-state index contributed by atoms with van der Waals surface area (Å²) in [5.41, 5.74) is 0.881. The van der Waals surface area contributed by atoms with E-state index in [-0.39, 0.29) is 16.5 Å². The van der Waals surface area contributed by atoms with Gasteiger partial charge < -0.3 is 4.90 Å². The largest absolute Gasteiger partial charge is 0.366 e. The summed E-state index contributed by atoms with van der Waals surface area (Å²) in [4.78, 5) is 12.6. The Morgan fingerprint density at radius 1 is 1.11 bits per heavy atom. The summed E-state index contributed by atoms with van der Waals surface area (Å²) in [6, 6.07) is 7.84. The highest BCUT2D eigenvalue weighted by Gasteiger charge is 2.26. The van der Waals surface area contributed by atoms with Crippen LogP contribution in [0.15, 0.2) is 41.3 Å². The van der Waals surface area contributed by atoms with E-state index in [2.05, 4.69) is 0 Å². The fourth-order valence-corrected chi connectivity index (χ4v) is 4.17. The van der Waals surface area contributed by atoms with E-state index >= 15 is 0 Å². The van der Waals surface area contributed by atoms with Gasteiger partial charge in [-0.2, -0.15) is 0 Å². The molecular weight excluding hydrogens is 390 g/mol. The molecule has 0 atom stereocenters. The van der Waals surface area contributed by atoms with Crippen molar-refractivity contribution in [3.05, 3.63) is 63.7 Å². The van der Waals surface area contributed by atoms with E-state index in [1.54, 1.807) is 6.07 Å². The van der Waals surface area contributed by atoms with Gasteiger partial charge in [0.1, 0.15) is 5.69 Å². The first kappa shape index (κ1) is 20.2. The van der Waals surface area contributed by atoms with E-state index in [0.29, 0.717) is 25.2 Å². The van der Waals surface area contributed by atoms with Gasteiger partial charge >= 0.3 is 0 Å². The summed E-state index contributed by atoms with van der Waals surface area (Å²) in [6.07, 6.45) is 3.10. The first-order chi connectivity index (χ1) is 13.1. The van der Waals surface area contributed by atoms with Gasteiger partial charge in [-0.25, -0.2) is 17.2 Å². The molecule has 1 heterocycles. The minimum Gasteiger partial charge on any atom is -0.366 e. The average Bonchev–Trinajstić information content (AvgIpc) is 2.64. The molecule has 0 bridgehead atoms. The first-order valence-electron chi connectivity index (χ1n) is 8.82. The number of piperidine rings is 1. The van der Waals surface area contributed by atoms with Gasteiger partial charge in [-0.1, -0.05) is 6.07 Å². The molecule has 28 heavy (non-hydrogen) atoms. The summed E-state index contributed by atoms with van der Waals surface area (Å²) in [6.45, 7) is 1.13. The average molecular weight is 410 g/mol. The smallest absolute Gasteiger partial charge is 0.293 e. The minimum atomic E-state index is -3.54. The predicted octanol–water partition coefficient (Wildman–Crippen LogP) is 3.74. The molecule has 1 fully saturated rings. The van der Waals surface area contributed by atoms with Crippen LogP contribution in [0.1, 0.15) is 18.4 Å². The van der Waals surface area contributed by atoms with Crippen molar-refractivity contribution in [2.75, 3.05) is 24.2 Å². The second kappa shape index (κ2) is 7.83. The standard InChI is InChI=1S/C19H20F2N2O4S/c1-28(26,27)15-3-5-18(19(12-15)23(24)25)22-8-6-13(7-9-22)10-14-2-4-16(20)17(21)11-14/h2-5,11-13H,6-10H2,1H3. The number of hydrogen-bond acceptors (Lipinski definition) is 5. The van der Waals surface area contributed by atoms with Gasteiger partial charge in [0.05, 0.1) is 9.82 Å². The summed E-state index contributed by atoms with van der Waals surface area (Å²) < 4.78 is 49.8. The zero-order chi connectivity index (χ0) is 20.5. The van der Waals surface area contributed by atoms with Crippen molar-refractivity contribution in [1.82, 2.24) is 0 Å². The molecule has 3 rings (SSSR count). The van der Waals surface area contributed by atoms with Crippen LogP contribution >= 0.6 is 0 Å². The number of nitro groups is 1. The van der Waals surface area contributed by atoms with Crippen LogP contribution in [0.4, 0.5) is 20.2 Å². The second-order valence-corrected chi connectivity index (χ2v) is 9.08. The van der Waals surface area contributed by atoms with Crippen LogP contribution in [0.3, 0.4) is 0 Å². The molecule has 2 aromatic rings. The molecule has 150 valence electrons. The molecule has 0 aliphatic carbocycles. The molecular formula is C19H20F2N2O4S. The molecule has 0 spiro atoms. The van der Waals surface area contributed by atoms with Gasteiger partial charge in [-0.05, 0) is 55.0 Å². The lowest BCUT2D eigenvalue weighted by atomic mass is 9.90. The second-order valence-electron chi connectivity index (χ2n) is 7.06. The maximum absolute atomic E-state index is 13.4. The van der Waals surface area contributed by atoms with E-state index in [1.165, 1.54) is 18.2 Å². The van der Waals surface area contributed by atoms with Gasteiger partial charge in [0.25, 0.3) is 5.69 Å². The molecule has 6 nitrogen and oxygen atoms in total. The van der Waals surface area contributed by atoms with Crippen molar-refractivity contribution in [2.45, 2.75) is 24.2 Å². The fraction of sp³-hybridized carbons (Fsp3) is 0.368. The molecule has 0 unspecified atom stereocenters. The molecule has 0 N–H and O–H groups in total. The number of nitrogens with zero attached hydrogens (tertiary/aromatic N) is 2. The van der Waals surface area contributed by atoms with Gasteiger partial charge in [0.15, 0.2) is 21.5 Å². The SMILES string of the molecule is CS(=O)(=O)c1ccc(N2CCC(Cc3ccc(F)c(F)c3)CC2)c([N+](=O)[O-])c1. The van der Waals surface area contributed by atoms with Crippen LogP contribution in [0.5, 0.6) is 0 Å². The summed E-state index contributed by atoms with van der Waals surface area (Å²) in [5.74, 6) is -1.48. The maximum Gasteiger partial charge on any atom is 0.293 e. The lowest BCUT2D eigenvalue weighted by Gasteiger charge is -2.33. The zero-order valence-electron chi connectivity index (χ0n) is 15.3. The van der Waals surface area contributed by atoms with Crippen molar-refractivity contribution in [3.63, 3.8) is 0 Å². The van der Waals surface area contributed by atoms with Gasteiger partial charge in [-0.15, -0.1) is 0 Å². The zero-order valence-corrected chi connectivity index (χ0v) is 16.1. The van der Waals surface area contributed by atoms with Crippen molar-refractivity contribution in [3.8, 4) is 0 Å². The molecule has 0 aromatic heterocycles.